The topological polar surface area (TPSA) is 86.8 Å². The third-order valence-corrected chi connectivity index (χ3v) is 12.2. The quantitative estimate of drug-likeness (QED) is 0.136. The first-order valence-corrected chi connectivity index (χ1v) is 18.5. The number of methoxy groups -OCH3 is 3. The highest BCUT2D eigenvalue weighted by molar-refractivity contribution is 8.05. The molecule has 2 amide bonds. The molecule has 0 aromatic heterocycles. The van der Waals surface area contributed by atoms with Gasteiger partial charge in [-0.3, -0.25) is 9.59 Å². The van der Waals surface area contributed by atoms with Gasteiger partial charge in [0, 0.05) is 23.2 Å². The van der Waals surface area contributed by atoms with Crippen LogP contribution in [0.3, 0.4) is 0 Å². The van der Waals surface area contributed by atoms with E-state index in [1.807, 2.05) is 115 Å². The zero-order valence-electron chi connectivity index (χ0n) is 29.0. The standard InChI is InChI=1S/C39H42N2O7S2/c1-6-47-34-17-10-8-15-31(34)38(40(36(42)25-49-38)23-27-13-12-14-29(21-27)44-3)39(32-16-9-11-18-35(32)48-7-2)41(37(43)26-50-39)24-28-22-30(45-4)19-20-33(28)46-5/h8-22H,6-7,23-26H2,1-5H3. The number of carbonyl (C=O) groups excluding carboxylic acids is 2. The number of para-hydroxylation sites is 2. The monoisotopic (exact) mass is 714 g/mol. The lowest BCUT2D eigenvalue weighted by atomic mass is 9.86. The molecule has 9 nitrogen and oxygen atoms in total. The fourth-order valence-electron chi connectivity index (χ4n) is 6.95. The first-order chi connectivity index (χ1) is 24.4. The maximum absolute atomic E-state index is 14.6. The lowest BCUT2D eigenvalue weighted by Gasteiger charge is -2.54. The molecule has 0 N–H and O–H groups in total. The van der Waals surface area contributed by atoms with Gasteiger partial charge in [-0.2, -0.15) is 0 Å². The highest BCUT2D eigenvalue weighted by Gasteiger charge is 2.69. The molecule has 2 fully saturated rings. The van der Waals surface area contributed by atoms with E-state index in [-0.39, 0.29) is 36.4 Å². The van der Waals surface area contributed by atoms with Gasteiger partial charge in [-0.05, 0) is 61.9 Å². The lowest BCUT2D eigenvalue weighted by molar-refractivity contribution is -0.141. The molecule has 262 valence electrons. The van der Waals surface area contributed by atoms with Crippen LogP contribution in [0, 0.1) is 0 Å². The molecule has 2 saturated heterocycles. The number of benzene rings is 4. The summed E-state index contributed by atoms with van der Waals surface area (Å²) in [7, 11) is 4.86. The van der Waals surface area contributed by atoms with E-state index < -0.39 is 9.74 Å². The maximum atomic E-state index is 14.6. The minimum absolute atomic E-state index is 0.0590. The number of amides is 2. The molecule has 4 aromatic rings. The summed E-state index contributed by atoms with van der Waals surface area (Å²) in [6.07, 6.45) is 0. The van der Waals surface area contributed by atoms with Gasteiger partial charge in [0.2, 0.25) is 11.8 Å². The van der Waals surface area contributed by atoms with Crippen molar-refractivity contribution in [2.24, 2.45) is 0 Å². The van der Waals surface area contributed by atoms with E-state index >= 15 is 0 Å². The molecule has 0 spiro atoms. The van der Waals surface area contributed by atoms with Gasteiger partial charge in [-0.1, -0.05) is 48.5 Å². The Morgan fingerprint density at radius 1 is 0.600 bits per heavy atom. The molecular formula is C39H42N2O7S2. The van der Waals surface area contributed by atoms with Crippen molar-refractivity contribution in [3.63, 3.8) is 0 Å². The smallest absolute Gasteiger partial charge is 0.234 e. The van der Waals surface area contributed by atoms with Crippen LogP contribution in [0.1, 0.15) is 36.1 Å². The Labute approximate surface area is 302 Å². The van der Waals surface area contributed by atoms with Crippen LogP contribution in [0.5, 0.6) is 28.7 Å². The number of nitrogens with zero attached hydrogens (tertiary/aromatic N) is 2. The Balaban J connectivity index is 1.70. The Hall–Kier alpha value is -4.48. The first-order valence-electron chi connectivity index (χ1n) is 16.5. The van der Waals surface area contributed by atoms with Gasteiger partial charge in [0.1, 0.15) is 28.7 Å². The van der Waals surface area contributed by atoms with Crippen LogP contribution in [0.15, 0.2) is 91.0 Å². The second-order valence-corrected chi connectivity index (χ2v) is 14.0. The minimum Gasteiger partial charge on any atom is -0.497 e. The van der Waals surface area contributed by atoms with Crippen LogP contribution in [-0.4, -0.2) is 67.7 Å². The predicted molar refractivity (Wildman–Crippen MR) is 197 cm³/mol. The number of rotatable bonds is 14. The molecule has 50 heavy (non-hydrogen) atoms. The molecule has 2 unspecified atom stereocenters. The molecule has 0 saturated carbocycles. The molecule has 0 aliphatic carbocycles. The van der Waals surface area contributed by atoms with E-state index in [1.165, 1.54) is 23.5 Å². The molecule has 2 aliphatic heterocycles. The Morgan fingerprint density at radius 3 is 1.68 bits per heavy atom. The van der Waals surface area contributed by atoms with Crippen LogP contribution < -0.4 is 23.7 Å². The van der Waals surface area contributed by atoms with Crippen molar-refractivity contribution in [3.8, 4) is 28.7 Å². The van der Waals surface area contributed by atoms with Crippen molar-refractivity contribution < 1.29 is 33.3 Å². The summed E-state index contributed by atoms with van der Waals surface area (Å²) in [5.74, 6) is 3.44. The predicted octanol–water partition coefficient (Wildman–Crippen LogP) is 7.07. The van der Waals surface area contributed by atoms with Crippen LogP contribution >= 0.6 is 23.5 Å². The molecule has 11 heteroatoms. The van der Waals surface area contributed by atoms with Crippen molar-refractivity contribution in [1.82, 2.24) is 9.80 Å². The molecular weight excluding hydrogens is 673 g/mol. The van der Waals surface area contributed by atoms with Crippen molar-refractivity contribution >= 4 is 35.3 Å². The zero-order chi connectivity index (χ0) is 35.3. The normalized spacial score (nSPS) is 20.3. The average Bonchev–Trinajstić information content (AvgIpc) is 3.65. The SMILES string of the molecule is CCOc1ccccc1C1(C2(c3ccccc3OCC)SCC(=O)N2Cc2cc(OC)ccc2OC)SCC(=O)N1Cc1cccc(OC)c1. The second kappa shape index (κ2) is 15.2. The number of carbonyl (C=O) groups is 2. The second-order valence-electron chi connectivity index (χ2n) is 11.7. The van der Waals surface area contributed by atoms with Gasteiger partial charge in [0.15, 0.2) is 9.74 Å². The van der Waals surface area contributed by atoms with E-state index in [0.717, 1.165) is 22.3 Å². The van der Waals surface area contributed by atoms with Gasteiger partial charge in [-0.25, -0.2) is 0 Å². The van der Waals surface area contributed by atoms with Crippen LogP contribution in [0.2, 0.25) is 0 Å². The number of thioether (sulfide) groups is 2. The number of hydrogen-bond acceptors (Lipinski definition) is 9. The molecule has 0 bridgehead atoms. The summed E-state index contributed by atoms with van der Waals surface area (Å²) in [6, 6.07) is 29.0. The molecule has 2 aliphatic rings. The Morgan fingerprint density at radius 2 is 1.14 bits per heavy atom. The summed E-state index contributed by atoms with van der Waals surface area (Å²) >= 11 is 3.03. The van der Waals surface area contributed by atoms with Crippen molar-refractivity contribution in [1.29, 1.82) is 0 Å². The van der Waals surface area contributed by atoms with Crippen LogP contribution in [0.25, 0.3) is 0 Å². The first kappa shape index (κ1) is 35.3. The maximum Gasteiger partial charge on any atom is 0.234 e. The van der Waals surface area contributed by atoms with Crippen molar-refractivity contribution in [2.45, 2.75) is 36.7 Å². The van der Waals surface area contributed by atoms with Gasteiger partial charge in [-0.15, -0.1) is 23.5 Å². The summed E-state index contributed by atoms with van der Waals surface area (Å²) in [6.45, 7) is 5.15. The van der Waals surface area contributed by atoms with E-state index in [0.29, 0.717) is 42.0 Å². The van der Waals surface area contributed by atoms with Gasteiger partial charge in [0.25, 0.3) is 0 Å². The molecule has 4 aromatic carbocycles. The van der Waals surface area contributed by atoms with Crippen LogP contribution in [-0.2, 0) is 32.4 Å². The lowest BCUT2D eigenvalue weighted by Crippen LogP contribution is -2.61. The van der Waals surface area contributed by atoms with E-state index in [9.17, 15) is 9.59 Å². The van der Waals surface area contributed by atoms with Gasteiger partial charge >= 0.3 is 0 Å². The van der Waals surface area contributed by atoms with Crippen molar-refractivity contribution in [2.75, 3.05) is 46.0 Å². The fraction of sp³-hybridized carbons (Fsp3) is 0.333. The zero-order valence-corrected chi connectivity index (χ0v) is 30.6. The molecule has 2 atom stereocenters. The molecule has 0 radical (unpaired) electrons. The summed E-state index contributed by atoms with van der Waals surface area (Å²) in [5, 5.41) is 0. The molecule has 6 rings (SSSR count). The highest BCUT2D eigenvalue weighted by Crippen LogP contribution is 2.68. The number of hydrogen-bond donors (Lipinski definition) is 0. The van der Waals surface area contributed by atoms with E-state index in [4.69, 9.17) is 23.7 Å². The molecule has 2 heterocycles. The summed E-state index contributed by atoms with van der Waals surface area (Å²) in [4.78, 5) is 30.5. The highest BCUT2D eigenvalue weighted by atomic mass is 32.2. The third-order valence-electron chi connectivity index (χ3n) is 9.03. The largest absolute Gasteiger partial charge is 0.497 e. The van der Waals surface area contributed by atoms with Crippen LogP contribution in [0.4, 0.5) is 0 Å². The number of ether oxygens (including phenoxy) is 5. The third kappa shape index (κ3) is 6.11. The average molecular weight is 715 g/mol. The summed E-state index contributed by atoms with van der Waals surface area (Å²) in [5.41, 5.74) is 3.23. The van der Waals surface area contributed by atoms with Gasteiger partial charge < -0.3 is 33.5 Å². The van der Waals surface area contributed by atoms with E-state index in [1.54, 1.807) is 21.3 Å². The Bertz CT molecular complexity index is 1850. The Kier molecular flexibility index (Phi) is 10.7. The van der Waals surface area contributed by atoms with E-state index in [2.05, 4.69) is 0 Å². The fourth-order valence-corrected chi connectivity index (χ4v) is 10.4. The summed E-state index contributed by atoms with van der Waals surface area (Å²) < 4.78 is 29.7. The van der Waals surface area contributed by atoms with Crippen molar-refractivity contribution in [3.05, 3.63) is 113 Å². The minimum atomic E-state index is -1.22. The van der Waals surface area contributed by atoms with Gasteiger partial charge in [0.05, 0.1) is 52.6 Å².